The van der Waals surface area contributed by atoms with Gasteiger partial charge >= 0.3 is 0 Å². The summed E-state index contributed by atoms with van der Waals surface area (Å²) in [6.45, 7) is 0.302. The van der Waals surface area contributed by atoms with E-state index in [1.807, 2.05) is 0 Å². The van der Waals surface area contributed by atoms with Crippen molar-refractivity contribution in [2.24, 2.45) is 0 Å². The normalized spacial score (nSPS) is 11.2. The fourth-order valence-electron chi connectivity index (χ4n) is 1.46. The molecule has 0 fully saturated rings. The summed E-state index contributed by atoms with van der Waals surface area (Å²) in [5.74, 6) is -0.549. The van der Waals surface area contributed by atoms with Crippen molar-refractivity contribution in [2.45, 2.75) is 11.6 Å². The van der Waals surface area contributed by atoms with Gasteiger partial charge in [-0.2, -0.15) is 0 Å². The number of nitrogens with one attached hydrogen (secondary N) is 2. The summed E-state index contributed by atoms with van der Waals surface area (Å²) in [5.41, 5.74) is 0.878. The number of sulfonamides is 1. The molecular formula is C12H13N3O4S. The summed E-state index contributed by atoms with van der Waals surface area (Å²) < 4.78 is 30.1. The molecule has 8 heteroatoms. The molecule has 0 aliphatic carbocycles. The molecule has 0 aromatic carbocycles. The maximum atomic E-state index is 11.8. The lowest BCUT2D eigenvalue weighted by molar-refractivity contribution is 0.0918. The van der Waals surface area contributed by atoms with E-state index in [4.69, 9.17) is 4.42 Å². The van der Waals surface area contributed by atoms with Crippen molar-refractivity contribution in [1.82, 2.24) is 15.0 Å². The molecule has 106 valence electrons. The summed E-state index contributed by atoms with van der Waals surface area (Å²) in [6, 6.07) is 6.07. The minimum atomic E-state index is -3.68. The van der Waals surface area contributed by atoms with Gasteiger partial charge in [0, 0.05) is 18.9 Å². The minimum Gasteiger partial charge on any atom is -0.438 e. The van der Waals surface area contributed by atoms with Crippen LogP contribution in [-0.4, -0.2) is 26.4 Å². The third-order valence-corrected chi connectivity index (χ3v) is 3.83. The van der Waals surface area contributed by atoms with Gasteiger partial charge in [0.1, 0.15) is 0 Å². The van der Waals surface area contributed by atoms with Crippen LogP contribution in [0.5, 0.6) is 0 Å². The first-order chi connectivity index (χ1) is 9.53. The van der Waals surface area contributed by atoms with Gasteiger partial charge in [-0.15, -0.1) is 0 Å². The zero-order valence-electron chi connectivity index (χ0n) is 10.7. The van der Waals surface area contributed by atoms with Gasteiger partial charge in [0.2, 0.25) is 5.09 Å². The van der Waals surface area contributed by atoms with Crippen LogP contribution in [0.25, 0.3) is 0 Å². The molecule has 1 amide bonds. The number of rotatable bonds is 5. The monoisotopic (exact) mass is 295 g/mol. The highest BCUT2D eigenvalue weighted by atomic mass is 32.2. The Bertz CT molecular complexity index is 695. The van der Waals surface area contributed by atoms with E-state index in [2.05, 4.69) is 15.0 Å². The van der Waals surface area contributed by atoms with E-state index >= 15 is 0 Å². The van der Waals surface area contributed by atoms with Gasteiger partial charge in [0.05, 0.1) is 0 Å². The second kappa shape index (κ2) is 5.85. The van der Waals surface area contributed by atoms with Crippen LogP contribution in [0.15, 0.2) is 46.2 Å². The van der Waals surface area contributed by atoms with Crippen molar-refractivity contribution >= 4 is 15.9 Å². The Balaban J connectivity index is 2.04. The van der Waals surface area contributed by atoms with Crippen molar-refractivity contribution in [2.75, 3.05) is 7.05 Å². The van der Waals surface area contributed by atoms with E-state index < -0.39 is 15.9 Å². The molecule has 0 bridgehead atoms. The quantitative estimate of drug-likeness (QED) is 0.837. The highest BCUT2D eigenvalue weighted by molar-refractivity contribution is 7.89. The Hall–Kier alpha value is -2.19. The molecule has 0 radical (unpaired) electrons. The molecule has 0 unspecified atom stereocenters. The van der Waals surface area contributed by atoms with Crippen molar-refractivity contribution in [3.05, 3.63) is 48.0 Å². The minimum absolute atomic E-state index is 0.0621. The van der Waals surface area contributed by atoms with Gasteiger partial charge in [0.15, 0.2) is 5.76 Å². The molecule has 0 aliphatic rings. The lowest BCUT2D eigenvalue weighted by atomic mass is 10.2. The lowest BCUT2D eigenvalue weighted by Gasteiger charge is -2.02. The Morgan fingerprint density at radius 1 is 1.25 bits per heavy atom. The molecular weight excluding hydrogens is 282 g/mol. The largest absolute Gasteiger partial charge is 0.438 e. The smallest absolute Gasteiger partial charge is 0.287 e. The average Bonchev–Trinajstić information content (AvgIpc) is 2.96. The Kier molecular flexibility index (Phi) is 4.16. The summed E-state index contributed by atoms with van der Waals surface area (Å²) in [4.78, 5) is 15.7. The maximum Gasteiger partial charge on any atom is 0.287 e. The predicted octanol–water partition coefficient (Wildman–Crippen LogP) is 0.513. The second-order valence-electron chi connectivity index (χ2n) is 3.86. The van der Waals surface area contributed by atoms with Crippen LogP contribution in [0.2, 0.25) is 0 Å². The van der Waals surface area contributed by atoms with Crippen LogP contribution in [0, 0.1) is 0 Å². The molecule has 0 saturated carbocycles. The zero-order valence-corrected chi connectivity index (χ0v) is 11.5. The molecule has 0 atom stereocenters. The summed E-state index contributed by atoms with van der Waals surface area (Å²) in [7, 11) is -2.42. The summed E-state index contributed by atoms with van der Waals surface area (Å²) in [5, 5.41) is 2.33. The second-order valence-corrected chi connectivity index (χ2v) is 5.68. The number of carbonyl (C=O) groups excluding carboxylic acids is 1. The van der Waals surface area contributed by atoms with Crippen LogP contribution >= 0.6 is 0 Å². The highest BCUT2D eigenvalue weighted by Gasteiger charge is 2.19. The van der Waals surface area contributed by atoms with Gasteiger partial charge < -0.3 is 9.73 Å². The van der Waals surface area contributed by atoms with Crippen LogP contribution in [-0.2, 0) is 16.6 Å². The van der Waals surface area contributed by atoms with Crippen LogP contribution in [0.4, 0.5) is 0 Å². The molecule has 0 saturated heterocycles. The highest BCUT2D eigenvalue weighted by Crippen LogP contribution is 2.13. The fourth-order valence-corrected chi connectivity index (χ4v) is 2.11. The first-order valence-corrected chi connectivity index (χ1v) is 7.22. The lowest BCUT2D eigenvalue weighted by Crippen LogP contribution is -2.22. The van der Waals surface area contributed by atoms with Gasteiger partial charge in [0.25, 0.3) is 15.9 Å². The third kappa shape index (κ3) is 3.22. The van der Waals surface area contributed by atoms with E-state index in [0.29, 0.717) is 6.54 Å². The van der Waals surface area contributed by atoms with Crippen LogP contribution in [0.1, 0.15) is 16.1 Å². The topological polar surface area (TPSA) is 101 Å². The average molecular weight is 295 g/mol. The molecule has 2 N–H and O–H groups in total. The number of hydrogen-bond acceptors (Lipinski definition) is 5. The molecule has 2 rings (SSSR count). The number of pyridine rings is 1. The summed E-state index contributed by atoms with van der Waals surface area (Å²) >= 11 is 0. The van der Waals surface area contributed by atoms with E-state index in [1.165, 1.54) is 19.2 Å². The number of hydrogen-bond donors (Lipinski definition) is 2. The van der Waals surface area contributed by atoms with E-state index in [0.717, 1.165) is 5.56 Å². The van der Waals surface area contributed by atoms with Gasteiger partial charge in [-0.1, -0.05) is 0 Å². The van der Waals surface area contributed by atoms with Crippen molar-refractivity contribution in [3.63, 3.8) is 0 Å². The van der Waals surface area contributed by atoms with Crippen LogP contribution in [0.3, 0.4) is 0 Å². The number of carbonyl (C=O) groups is 1. The molecule has 2 aromatic heterocycles. The number of aromatic nitrogens is 1. The molecule has 7 nitrogen and oxygen atoms in total. The number of amides is 1. The van der Waals surface area contributed by atoms with E-state index in [9.17, 15) is 13.2 Å². The SMILES string of the molecule is CNS(=O)(=O)c1ccc(C(=O)NCc2ccncc2)o1. The Morgan fingerprint density at radius 2 is 1.95 bits per heavy atom. The van der Waals surface area contributed by atoms with Gasteiger partial charge in [-0.25, -0.2) is 13.1 Å². The molecule has 2 heterocycles. The molecule has 0 spiro atoms. The first kappa shape index (κ1) is 14.2. The van der Waals surface area contributed by atoms with Crippen molar-refractivity contribution in [3.8, 4) is 0 Å². The van der Waals surface area contributed by atoms with Crippen LogP contribution < -0.4 is 10.0 Å². The summed E-state index contributed by atoms with van der Waals surface area (Å²) in [6.07, 6.45) is 3.23. The third-order valence-electron chi connectivity index (χ3n) is 2.54. The maximum absolute atomic E-state index is 11.8. The molecule has 0 aliphatic heterocycles. The molecule has 2 aromatic rings. The van der Waals surface area contributed by atoms with Crippen molar-refractivity contribution in [1.29, 1.82) is 0 Å². The van der Waals surface area contributed by atoms with Crippen molar-refractivity contribution < 1.29 is 17.6 Å². The standard InChI is InChI=1S/C12H13N3O4S/c1-13-20(17,18)11-3-2-10(19-11)12(16)15-8-9-4-6-14-7-5-9/h2-7,13H,8H2,1H3,(H,15,16). The zero-order chi connectivity index (χ0) is 14.6. The predicted molar refractivity (Wildman–Crippen MR) is 70.4 cm³/mol. The van der Waals surface area contributed by atoms with Gasteiger partial charge in [-0.3, -0.25) is 9.78 Å². The first-order valence-electron chi connectivity index (χ1n) is 5.73. The van der Waals surface area contributed by atoms with E-state index in [1.54, 1.807) is 24.5 Å². The number of furan rings is 1. The number of nitrogens with zero attached hydrogens (tertiary/aromatic N) is 1. The Labute approximate surface area is 116 Å². The molecule has 20 heavy (non-hydrogen) atoms. The van der Waals surface area contributed by atoms with E-state index in [-0.39, 0.29) is 10.9 Å². The van der Waals surface area contributed by atoms with Gasteiger partial charge in [-0.05, 0) is 36.9 Å². The fraction of sp³-hybridized carbons (Fsp3) is 0.167. The Morgan fingerprint density at radius 3 is 2.60 bits per heavy atom.